The van der Waals surface area contributed by atoms with Gasteiger partial charge in [-0.05, 0) is 69.1 Å². The predicted molar refractivity (Wildman–Crippen MR) is 126 cm³/mol. The number of nitrogens with zero attached hydrogens (tertiary/aromatic N) is 4. The summed E-state index contributed by atoms with van der Waals surface area (Å²) in [6, 6.07) is 14.7. The number of imidazole rings is 1. The highest BCUT2D eigenvalue weighted by molar-refractivity contribution is 5.76. The largest absolute Gasteiger partial charge is 0.472 e. The molecule has 172 valence electrons. The van der Waals surface area contributed by atoms with Crippen LogP contribution in [-0.2, 0) is 0 Å². The van der Waals surface area contributed by atoms with Crippen LogP contribution in [0.25, 0.3) is 11.0 Å². The molecule has 1 N–H and O–H groups in total. The molecule has 7 heteroatoms. The highest BCUT2D eigenvalue weighted by atomic mass is 16.5. The second kappa shape index (κ2) is 8.36. The lowest BCUT2D eigenvalue weighted by Crippen LogP contribution is -2.46. The molecule has 3 aromatic rings. The summed E-state index contributed by atoms with van der Waals surface area (Å²) in [5.41, 5.74) is 2.16. The number of hydrogen-bond acceptors (Lipinski definition) is 4. The number of pyridine rings is 1. The van der Waals surface area contributed by atoms with Gasteiger partial charge in [0.25, 0.3) is 0 Å². The van der Waals surface area contributed by atoms with E-state index in [1.165, 1.54) is 6.42 Å². The SMILES string of the molecule is Cc1nc2ccccc2n1[C@H]1C[C@H]2CN(C(=O)NC3CCC3)C[C@H]2C[C@@H]1Oc1ccccn1. The Morgan fingerprint density at radius 3 is 2.61 bits per heavy atom. The molecule has 1 aromatic carbocycles. The molecule has 1 saturated heterocycles. The molecule has 2 saturated carbocycles. The van der Waals surface area contributed by atoms with Crippen LogP contribution in [0.5, 0.6) is 5.88 Å². The van der Waals surface area contributed by atoms with E-state index >= 15 is 0 Å². The molecule has 0 bridgehead atoms. The Kier molecular flexibility index (Phi) is 5.19. The molecule has 3 heterocycles. The van der Waals surface area contributed by atoms with E-state index in [4.69, 9.17) is 9.72 Å². The van der Waals surface area contributed by atoms with Gasteiger partial charge in [0.2, 0.25) is 5.88 Å². The van der Waals surface area contributed by atoms with E-state index in [0.717, 1.165) is 55.6 Å². The van der Waals surface area contributed by atoms with Gasteiger partial charge in [0, 0.05) is 31.4 Å². The van der Waals surface area contributed by atoms with Crippen molar-refractivity contribution >= 4 is 17.1 Å². The van der Waals surface area contributed by atoms with Crippen molar-refractivity contribution in [2.45, 2.75) is 57.2 Å². The number of para-hydroxylation sites is 2. The number of aryl methyl sites for hydroxylation is 1. The highest BCUT2D eigenvalue weighted by Crippen LogP contribution is 2.44. The fourth-order valence-corrected chi connectivity index (χ4v) is 5.93. The number of rotatable bonds is 4. The molecule has 2 aromatic heterocycles. The van der Waals surface area contributed by atoms with Crippen LogP contribution in [0, 0.1) is 18.8 Å². The molecule has 3 aliphatic rings. The number of carbonyl (C=O) groups is 1. The van der Waals surface area contributed by atoms with E-state index in [9.17, 15) is 4.79 Å². The average Bonchev–Trinajstić information content (AvgIpc) is 3.36. The van der Waals surface area contributed by atoms with Crippen LogP contribution in [-0.4, -0.2) is 50.7 Å². The smallest absolute Gasteiger partial charge is 0.317 e. The Bertz CT molecular complexity index is 1140. The number of aromatic nitrogens is 3. The Labute approximate surface area is 194 Å². The summed E-state index contributed by atoms with van der Waals surface area (Å²) in [5, 5.41) is 3.22. The average molecular weight is 446 g/mol. The first-order valence-corrected chi connectivity index (χ1v) is 12.2. The summed E-state index contributed by atoms with van der Waals surface area (Å²) in [5.74, 6) is 2.57. The van der Waals surface area contributed by atoms with Crippen LogP contribution >= 0.6 is 0 Å². The lowest BCUT2D eigenvalue weighted by atomic mass is 9.77. The molecule has 7 nitrogen and oxygen atoms in total. The van der Waals surface area contributed by atoms with Crippen LogP contribution in [0.1, 0.15) is 44.0 Å². The number of likely N-dealkylation sites (tertiary alicyclic amines) is 1. The fraction of sp³-hybridized carbons (Fsp3) is 0.500. The minimum Gasteiger partial charge on any atom is -0.472 e. The number of urea groups is 1. The lowest BCUT2D eigenvalue weighted by molar-refractivity contribution is 0.0522. The van der Waals surface area contributed by atoms with Crippen molar-refractivity contribution < 1.29 is 9.53 Å². The van der Waals surface area contributed by atoms with E-state index in [1.54, 1.807) is 6.20 Å². The number of benzene rings is 1. The van der Waals surface area contributed by atoms with Crippen molar-refractivity contribution in [2.24, 2.45) is 11.8 Å². The van der Waals surface area contributed by atoms with Gasteiger partial charge in [-0.15, -0.1) is 0 Å². The van der Waals surface area contributed by atoms with Crippen molar-refractivity contribution in [2.75, 3.05) is 13.1 Å². The zero-order valence-corrected chi connectivity index (χ0v) is 19.1. The van der Waals surface area contributed by atoms with Gasteiger partial charge >= 0.3 is 6.03 Å². The Hall–Kier alpha value is -3.09. The molecule has 2 aliphatic carbocycles. The van der Waals surface area contributed by atoms with Crippen LogP contribution in [0.2, 0.25) is 0 Å². The summed E-state index contributed by atoms with van der Waals surface area (Å²) < 4.78 is 8.87. The Morgan fingerprint density at radius 2 is 1.85 bits per heavy atom. The third-order valence-electron chi connectivity index (χ3n) is 7.82. The van der Waals surface area contributed by atoms with Gasteiger partial charge in [0.05, 0.1) is 17.1 Å². The first-order chi connectivity index (χ1) is 16.2. The van der Waals surface area contributed by atoms with Crippen LogP contribution < -0.4 is 10.1 Å². The molecule has 0 radical (unpaired) electrons. The second-order valence-corrected chi connectivity index (χ2v) is 9.88. The first-order valence-electron chi connectivity index (χ1n) is 12.2. The topological polar surface area (TPSA) is 72.3 Å². The molecule has 6 rings (SSSR count). The van der Waals surface area contributed by atoms with Gasteiger partial charge in [-0.1, -0.05) is 18.2 Å². The maximum absolute atomic E-state index is 12.9. The number of carbonyl (C=O) groups excluding carboxylic acids is 1. The van der Waals surface area contributed by atoms with Gasteiger partial charge < -0.3 is 19.5 Å². The Morgan fingerprint density at radius 1 is 1.06 bits per heavy atom. The van der Waals surface area contributed by atoms with Crippen molar-refractivity contribution in [3.63, 3.8) is 0 Å². The molecular formula is C26H31N5O2. The number of nitrogens with one attached hydrogen (secondary N) is 1. The molecule has 4 atom stereocenters. The van der Waals surface area contributed by atoms with Crippen LogP contribution in [0.3, 0.4) is 0 Å². The second-order valence-electron chi connectivity index (χ2n) is 9.88. The van der Waals surface area contributed by atoms with Crippen molar-refractivity contribution in [1.29, 1.82) is 0 Å². The third kappa shape index (κ3) is 3.83. The summed E-state index contributed by atoms with van der Waals surface area (Å²) >= 11 is 0. The number of ether oxygens (including phenoxy) is 1. The number of amides is 2. The van der Waals surface area contributed by atoms with Gasteiger partial charge in [-0.3, -0.25) is 0 Å². The lowest BCUT2D eigenvalue weighted by Gasteiger charge is -2.39. The van der Waals surface area contributed by atoms with E-state index in [2.05, 4.69) is 40.0 Å². The Balaban J connectivity index is 1.29. The van der Waals surface area contributed by atoms with Gasteiger partial charge in [0.1, 0.15) is 11.9 Å². The minimum absolute atomic E-state index is 0.0212. The molecule has 0 spiro atoms. The quantitative estimate of drug-likeness (QED) is 0.649. The molecule has 2 amide bonds. The van der Waals surface area contributed by atoms with E-state index in [-0.39, 0.29) is 18.2 Å². The molecular weight excluding hydrogens is 414 g/mol. The third-order valence-corrected chi connectivity index (χ3v) is 7.82. The highest BCUT2D eigenvalue weighted by Gasteiger charge is 2.46. The standard InChI is InChI=1S/C26H31N5O2/c1-17-28-21-9-2-3-10-22(21)31(17)23-13-18-15-30(26(32)29-20-7-6-8-20)16-19(18)14-24(23)33-25-11-4-5-12-27-25/h2-5,9-12,18-20,23-24H,6-8,13-16H2,1H3,(H,29,32)/t18-,19+,23-,24-/m0/s1. The van der Waals surface area contributed by atoms with Gasteiger partial charge in [0.15, 0.2) is 0 Å². The van der Waals surface area contributed by atoms with Crippen LogP contribution in [0.4, 0.5) is 4.79 Å². The predicted octanol–water partition coefficient (Wildman–Crippen LogP) is 4.33. The van der Waals surface area contributed by atoms with Crippen molar-refractivity contribution in [3.05, 3.63) is 54.5 Å². The molecule has 33 heavy (non-hydrogen) atoms. The van der Waals surface area contributed by atoms with E-state index < -0.39 is 0 Å². The maximum atomic E-state index is 12.9. The molecule has 3 fully saturated rings. The fourth-order valence-electron chi connectivity index (χ4n) is 5.93. The van der Waals surface area contributed by atoms with Gasteiger partial charge in [-0.2, -0.15) is 0 Å². The monoisotopic (exact) mass is 445 g/mol. The van der Waals surface area contributed by atoms with Gasteiger partial charge in [-0.25, -0.2) is 14.8 Å². The normalized spacial score (nSPS) is 27.2. The summed E-state index contributed by atoms with van der Waals surface area (Å²) in [7, 11) is 0. The van der Waals surface area contributed by atoms with Crippen molar-refractivity contribution in [3.8, 4) is 5.88 Å². The van der Waals surface area contributed by atoms with E-state index in [1.807, 2.05) is 29.2 Å². The summed E-state index contributed by atoms with van der Waals surface area (Å²) in [4.78, 5) is 24.1. The zero-order chi connectivity index (χ0) is 22.4. The number of fused-ring (bicyclic) bond motifs is 2. The number of hydrogen-bond donors (Lipinski definition) is 1. The molecule has 1 aliphatic heterocycles. The zero-order valence-electron chi connectivity index (χ0n) is 19.1. The van der Waals surface area contributed by atoms with Crippen molar-refractivity contribution in [1.82, 2.24) is 24.8 Å². The van der Waals surface area contributed by atoms with Crippen LogP contribution in [0.15, 0.2) is 48.7 Å². The first kappa shape index (κ1) is 20.5. The maximum Gasteiger partial charge on any atom is 0.317 e. The summed E-state index contributed by atoms with van der Waals surface area (Å²) in [6.07, 6.45) is 7.08. The van der Waals surface area contributed by atoms with E-state index in [0.29, 0.717) is 23.8 Å². The summed E-state index contributed by atoms with van der Waals surface area (Å²) in [6.45, 7) is 3.71. The molecule has 0 unspecified atom stereocenters. The minimum atomic E-state index is -0.0212.